The van der Waals surface area contributed by atoms with Crippen molar-refractivity contribution in [3.05, 3.63) is 62.4 Å². The Morgan fingerprint density at radius 2 is 2.11 bits per heavy atom. The minimum Gasteiger partial charge on any atom is -0.508 e. The predicted molar refractivity (Wildman–Crippen MR) is 67.9 cm³/mol. The van der Waals surface area contributed by atoms with E-state index in [1.54, 1.807) is 24.4 Å². The van der Waals surface area contributed by atoms with Crippen LogP contribution in [0.3, 0.4) is 0 Å². The second-order valence-corrected chi connectivity index (χ2v) is 4.06. The minimum atomic E-state index is -0.444. The zero-order valence-corrected chi connectivity index (χ0v) is 10.0. The standard InChI is InChI=1S/C13H14N2O3/c1-2-10-8-15(13(18)14-12(10)17)7-9-4-3-5-11(16)6-9/h3-6,8,16H,2,7H2,1H3,(H,14,17,18). The first-order chi connectivity index (χ1) is 8.60. The number of hydrogen-bond donors (Lipinski definition) is 2. The quantitative estimate of drug-likeness (QED) is 0.843. The van der Waals surface area contributed by atoms with Crippen LogP contribution in [0, 0.1) is 0 Å². The van der Waals surface area contributed by atoms with Crippen molar-refractivity contribution in [2.45, 2.75) is 19.9 Å². The molecule has 2 aromatic rings. The first-order valence-corrected chi connectivity index (χ1v) is 5.70. The topological polar surface area (TPSA) is 75.1 Å². The van der Waals surface area contributed by atoms with Crippen LogP contribution >= 0.6 is 0 Å². The summed E-state index contributed by atoms with van der Waals surface area (Å²) in [6, 6.07) is 6.67. The van der Waals surface area contributed by atoms with E-state index in [0.717, 1.165) is 5.56 Å². The predicted octanol–water partition coefficient (Wildman–Crippen LogP) is 0.853. The molecule has 2 N–H and O–H groups in total. The van der Waals surface area contributed by atoms with E-state index >= 15 is 0 Å². The van der Waals surface area contributed by atoms with Gasteiger partial charge in [-0.3, -0.25) is 14.3 Å². The second kappa shape index (κ2) is 4.91. The average Bonchev–Trinajstić information content (AvgIpc) is 2.33. The zero-order chi connectivity index (χ0) is 13.1. The van der Waals surface area contributed by atoms with Crippen molar-refractivity contribution in [3.63, 3.8) is 0 Å². The van der Waals surface area contributed by atoms with E-state index < -0.39 is 5.69 Å². The molecule has 1 heterocycles. The van der Waals surface area contributed by atoms with Crippen LogP contribution in [0.15, 0.2) is 40.1 Å². The van der Waals surface area contributed by atoms with Crippen LogP contribution in [0.5, 0.6) is 5.75 Å². The molecule has 0 aliphatic heterocycles. The Hall–Kier alpha value is -2.30. The van der Waals surface area contributed by atoms with E-state index in [1.807, 2.05) is 13.0 Å². The molecule has 5 heteroatoms. The van der Waals surface area contributed by atoms with Crippen molar-refractivity contribution >= 4 is 0 Å². The van der Waals surface area contributed by atoms with Gasteiger partial charge < -0.3 is 5.11 Å². The van der Waals surface area contributed by atoms with Gasteiger partial charge in [-0.1, -0.05) is 19.1 Å². The zero-order valence-electron chi connectivity index (χ0n) is 10.0. The number of nitrogens with zero attached hydrogens (tertiary/aromatic N) is 1. The van der Waals surface area contributed by atoms with Gasteiger partial charge in [0.2, 0.25) is 0 Å². The van der Waals surface area contributed by atoms with Crippen LogP contribution in [0.25, 0.3) is 0 Å². The Balaban J connectivity index is 2.40. The number of benzene rings is 1. The van der Waals surface area contributed by atoms with E-state index in [4.69, 9.17) is 0 Å². The van der Waals surface area contributed by atoms with E-state index in [9.17, 15) is 14.7 Å². The van der Waals surface area contributed by atoms with Gasteiger partial charge in [-0.05, 0) is 24.1 Å². The maximum atomic E-state index is 11.6. The van der Waals surface area contributed by atoms with Gasteiger partial charge in [-0.15, -0.1) is 0 Å². The highest BCUT2D eigenvalue weighted by molar-refractivity contribution is 5.27. The highest BCUT2D eigenvalue weighted by Crippen LogP contribution is 2.11. The molecule has 0 amide bonds. The molecule has 0 aliphatic carbocycles. The van der Waals surface area contributed by atoms with Gasteiger partial charge in [0, 0.05) is 11.8 Å². The van der Waals surface area contributed by atoms with Crippen molar-refractivity contribution < 1.29 is 5.11 Å². The normalized spacial score (nSPS) is 10.5. The van der Waals surface area contributed by atoms with Crippen LogP contribution in [0.2, 0.25) is 0 Å². The third-order valence-electron chi connectivity index (χ3n) is 2.73. The van der Waals surface area contributed by atoms with Crippen LogP contribution < -0.4 is 11.2 Å². The molecule has 0 aliphatic rings. The van der Waals surface area contributed by atoms with Crippen molar-refractivity contribution in [2.24, 2.45) is 0 Å². The van der Waals surface area contributed by atoms with Crippen LogP contribution in [0.1, 0.15) is 18.1 Å². The summed E-state index contributed by atoms with van der Waals surface area (Å²) in [5.41, 5.74) is 0.580. The lowest BCUT2D eigenvalue weighted by Gasteiger charge is -2.07. The first-order valence-electron chi connectivity index (χ1n) is 5.70. The van der Waals surface area contributed by atoms with Crippen molar-refractivity contribution in [1.82, 2.24) is 9.55 Å². The van der Waals surface area contributed by atoms with Crippen LogP contribution in [-0.2, 0) is 13.0 Å². The number of aromatic amines is 1. The minimum absolute atomic E-state index is 0.153. The van der Waals surface area contributed by atoms with E-state index in [-0.39, 0.29) is 11.3 Å². The summed E-state index contributed by atoms with van der Waals surface area (Å²) in [7, 11) is 0. The lowest BCUT2D eigenvalue weighted by atomic mass is 10.2. The number of aromatic nitrogens is 2. The maximum Gasteiger partial charge on any atom is 0.328 e. The number of hydrogen-bond acceptors (Lipinski definition) is 3. The van der Waals surface area contributed by atoms with E-state index in [0.29, 0.717) is 18.5 Å². The number of aryl methyl sites for hydroxylation is 1. The molecule has 0 fully saturated rings. The largest absolute Gasteiger partial charge is 0.508 e. The monoisotopic (exact) mass is 246 g/mol. The van der Waals surface area contributed by atoms with Crippen LogP contribution in [0.4, 0.5) is 0 Å². The van der Waals surface area contributed by atoms with E-state index in [2.05, 4.69) is 4.98 Å². The lowest BCUT2D eigenvalue weighted by molar-refractivity contribution is 0.474. The number of phenols is 1. The number of H-pyrrole nitrogens is 1. The fraction of sp³-hybridized carbons (Fsp3) is 0.231. The molecule has 0 radical (unpaired) electrons. The maximum absolute atomic E-state index is 11.6. The average molecular weight is 246 g/mol. The van der Waals surface area contributed by atoms with Gasteiger partial charge in [0.15, 0.2) is 0 Å². The van der Waals surface area contributed by atoms with Gasteiger partial charge >= 0.3 is 5.69 Å². The Labute approximate surface area is 103 Å². The van der Waals surface area contributed by atoms with Gasteiger partial charge in [0.05, 0.1) is 6.54 Å². The third-order valence-corrected chi connectivity index (χ3v) is 2.73. The molecule has 0 atom stereocenters. The Bertz CT molecular complexity index is 670. The fourth-order valence-electron chi connectivity index (χ4n) is 1.78. The summed E-state index contributed by atoms with van der Waals surface area (Å²) in [6.45, 7) is 2.17. The molecular formula is C13H14N2O3. The molecule has 5 nitrogen and oxygen atoms in total. The van der Waals surface area contributed by atoms with Gasteiger partial charge in [0.1, 0.15) is 5.75 Å². The highest BCUT2D eigenvalue weighted by atomic mass is 16.3. The summed E-state index contributed by atoms with van der Waals surface area (Å²) >= 11 is 0. The summed E-state index contributed by atoms with van der Waals surface area (Å²) < 4.78 is 1.43. The number of phenolic OH excluding ortho intramolecular Hbond substituents is 1. The highest BCUT2D eigenvalue weighted by Gasteiger charge is 2.04. The molecule has 2 rings (SSSR count). The van der Waals surface area contributed by atoms with Crippen LogP contribution in [-0.4, -0.2) is 14.7 Å². The molecule has 0 unspecified atom stereocenters. The smallest absolute Gasteiger partial charge is 0.328 e. The summed E-state index contributed by atoms with van der Waals surface area (Å²) in [5, 5.41) is 9.36. The summed E-state index contributed by atoms with van der Waals surface area (Å²) in [5.74, 6) is 0.153. The second-order valence-electron chi connectivity index (χ2n) is 4.06. The summed E-state index contributed by atoms with van der Waals surface area (Å²) in [4.78, 5) is 25.3. The van der Waals surface area contributed by atoms with Gasteiger partial charge in [-0.2, -0.15) is 0 Å². The number of rotatable bonds is 3. The molecule has 0 spiro atoms. The molecule has 18 heavy (non-hydrogen) atoms. The molecule has 0 bridgehead atoms. The SMILES string of the molecule is CCc1cn(Cc2cccc(O)c2)c(=O)[nH]c1=O. The summed E-state index contributed by atoms with van der Waals surface area (Å²) in [6.07, 6.45) is 2.13. The van der Waals surface area contributed by atoms with Crippen molar-refractivity contribution in [2.75, 3.05) is 0 Å². The molecule has 1 aromatic heterocycles. The first kappa shape index (κ1) is 12.2. The fourth-order valence-corrected chi connectivity index (χ4v) is 1.78. The lowest BCUT2D eigenvalue weighted by Crippen LogP contribution is -2.31. The van der Waals surface area contributed by atoms with Gasteiger partial charge in [0.25, 0.3) is 5.56 Å². The molecule has 1 aromatic carbocycles. The molecule has 94 valence electrons. The molecule has 0 saturated carbocycles. The Morgan fingerprint density at radius 1 is 1.33 bits per heavy atom. The number of nitrogens with one attached hydrogen (secondary N) is 1. The Morgan fingerprint density at radius 3 is 2.78 bits per heavy atom. The van der Waals surface area contributed by atoms with E-state index in [1.165, 1.54) is 4.57 Å². The van der Waals surface area contributed by atoms with Gasteiger partial charge in [-0.25, -0.2) is 4.79 Å². The van der Waals surface area contributed by atoms with Crippen molar-refractivity contribution in [1.29, 1.82) is 0 Å². The van der Waals surface area contributed by atoms with Crippen molar-refractivity contribution in [3.8, 4) is 5.75 Å². The molecule has 0 saturated heterocycles. The number of aromatic hydroxyl groups is 1. The molecular weight excluding hydrogens is 232 g/mol. The third kappa shape index (κ3) is 2.51. The Kier molecular flexibility index (Phi) is 3.32.